The van der Waals surface area contributed by atoms with Gasteiger partial charge in [0.15, 0.2) is 209 Å². The molecule has 4 aliphatic rings. The summed E-state index contributed by atoms with van der Waals surface area (Å²) >= 11 is 0. The van der Waals surface area contributed by atoms with E-state index in [1.54, 1.807) is 0 Å². The topological polar surface area (TPSA) is 84.5 Å². The molecule has 12 bridgehead atoms. The van der Waals surface area contributed by atoms with Crippen LogP contribution < -0.4 is 21.4 Å². The molecule has 1 atom stereocenters. The van der Waals surface area contributed by atoms with Gasteiger partial charge >= 0.3 is 0 Å². The molecule has 114 heavy (non-hydrogen) atoms. The van der Waals surface area contributed by atoms with Gasteiger partial charge in [0, 0.05) is 33.4 Å². The van der Waals surface area contributed by atoms with Gasteiger partial charge in [-0.2, -0.15) is 0 Å². The third-order valence-electron chi connectivity index (χ3n) is 17.0. The van der Waals surface area contributed by atoms with Crippen LogP contribution in [0.25, 0.3) is 33.4 Å². The number of benzene rings is 6. The first kappa shape index (κ1) is 79.5. The van der Waals surface area contributed by atoms with E-state index in [1.807, 2.05) is 0 Å². The summed E-state index contributed by atoms with van der Waals surface area (Å²) in [5.74, 6) is -152. The average Bonchev–Trinajstić information content (AvgIpc) is 1.57. The summed E-state index contributed by atoms with van der Waals surface area (Å²) in [6, 6.07) is -4.60. The van der Waals surface area contributed by atoms with Crippen molar-refractivity contribution in [1.82, 2.24) is 15.0 Å². The van der Waals surface area contributed by atoms with E-state index in [1.165, 1.54) is 0 Å². The highest BCUT2D eigenvalue weighted by molar-refractivity contribution is 6.34. The van der Waals surface area contributed by atoms with Gasteiger partial charge in [-0.05, 0) is 0 Å². The van der Waals surface area contributed by atoms with Crippen LogP contribution in [0.4, 0.5) is 184 Å². The second-order valence-corrected chi connectivity index (χ2v) is 22.9. The highest BCUT2D eigenvalue weighted by atomic mass is 19.2. The van der Waals surface area contributed by atoms with Crippen molar-refractivity contribution in [3.8, 4) is 0 Å². The zero-order chi connectivity index (χ0) is 84.3. The molecule has 592 valence electrons. The van der Waals surface area contributed by atoms with E-state index in [2.05, 4.69) is 15.0 Å². The zero-order valence-electron chi connectivity index (χ0n) is 51.8. The first-order valence-electron chi connectivity index (χ1n) is 28.9. The van der Waals surface area contributed by atoms with Gasteiger partial charge in [-0.25, -0.2) is 194 Å². The van der Waals surface area contributed by atoms with Crippen molar-refractivity contribution in [1.29, 1.82) is 0 Å². The minimum atomic E-state index is -4.60. The molecule has 6 aromatic carbocycles. The Morgan fingerprint density at radius 2 is 0.386 bits per heavy atom. The maximum atomic E-state index is 17.5. The average molecular weight is 1680 g/mol. The number of nitrogens with one attached hydrogen (secondary N) is 3. The molecule has 13 rings (SSSR count). The molecule has 0 spiro atoms. The van der Waals surface area contributed by atoms with Crippen LogP contribution in [0.3, 0.4) is 0 Å². The molecule has 7 heterocycles. The van der Waals surface area contributed by atoms with Crippen LogP contribution in [-0.4, -0.2) is 38.1 Å². The number of allylic oxidation sites excluding steroid dienone is 5. The summed E-state index contributed by atoms with van der Waals surface area (Å²) in [5.41, 5.74) is -61.9. The SMILES string of the molecule is FC1=C(F)/C2=C(\c3c(F)c(F)c(F)c(F)c3F)c3[nH]c(c(F)c3F)/C(c3c(F)c(F)c(F)c(F)c3F)=C3N=C(C(F)=C\3F)/C(c3c(F)c(F)c(F)c(F)c3F)=c3/[nH]/c(c(F)c3F)=C(\c3c(F)c(F)c(F)c(F)c3F)C3N=C(C(F)=C3F)/C(c3c(F)c(F)c(F)c(F)c3F)=c3\[nH]/c(c(F)c3F)=C(/c3c(F)c(F)c(F)c(F)c3F)C1=N2. The van der Waals surface area contributed by atoms with Crippen molar-refractivity contribution in [2.45, 2.75) is 6.04 Å². The van der Waals surface area contributed by atoms with Crippen LogP contribution in [0, 0.1) is 209 Å². The number of nitrogens with zero attached hydrogens (tertiary/aromatic N) is 3. The second-order valence-electron chi connectivity index (χ2n) is 22.9. The lowest BCUT2D eigenvalue weighted by molar-refractivity contribution is 0.375. The monoisotopic (exact) mass is 1680 g/mol. The highest BCUT2D eigenvalue weighted by Gasteiger charge is 2.48. The first-order valence-corrected chi connectivity index (χ1v) is 28.9. The fourth-order valence-corrected chi connectivity index (χ4v) is 11.9. The number of halogens is 42. The molecule has 4 aliphatic heterocycles. The number of H-pyrrole nitrogens is 3. The summed E-state index contributed by atoms with van der Waals surface area (Å²) in [4.78, 5) is 10.5. The van der Waals surface area contributed by atoms with E-state index in [9.17, 15) is 26.3 Å². The van der Waals surface area contributed by atoms with Crippen LogP contribution in [0.5, 0.6) is 0 Å². The van der Waals surface area contributed by atoms with Gasteiger partial charge < -0.3 is 15.0 Å². The summed E-state index contributed by atoms with van der Waals surface area (Å²) in [6.07, 6.45) is 0. The van der Waals surface area contributed by atoms with Crippen molar-refractivity contribution in [2.24, 2.45) is 15.0 Å². The Kier molecular flexibility index (Phi) is 18.9. The fraction of sp³-hybridized carbons (Fsp3) is 0.0152. The van der Waals surface area contributed by atoms with Crippen molar-refractivity contribution in [3.05, 3.63) is 322 Å². The molecule has 3 N–H and O–H groups in total. The van der Waals surface area contributed by atoms with Crippen LogP contribution in [-0.2, 0) is 0 Å². The molecular formula is C66H4F42N6. The van der Waals surface area contributed by atoms with Crippen LogP contribution >= 0.6 is 0 Å². The predicted octanol–water partition coefficient (Wildman–Crippen LogP) is 17.6. The standard InChI is InChI=1S/C66H4F42N6/c67-13-1(14(68)26(80)37(91)25(13)79)7-55-43(97)45(99)57(109-55)8(2-15(69)27(81)38(92)28(82)16(2)70)59-47(101)49(103)61(111-59)10(4-19(73)31(85)40(94)32(86)20(4)74)63-51(105)53(107)65(113-63)12(6-23(77)35(89)42(96)36(90)24(6)78)66-54(108)52(106)64(114-66)11(5-21(75)33(87)41(95)34(88)22(5)76)62-50(104)48(102)60(112-62)9(58-46(100)44(98)56(7)110-58)3-17(71)29(83)39(93)30(84)18(3)72/h55,110-111,114H/b56-7+,58-9+,59-8-,61-10-,62-11-,65-12-. The van der Waals surface area contributed by atoms with Gasteiger partial charge in [-0.3, -0.25) is 4.99 Å². The van der Waals surface area contributed by atoms with Gasteiger partial charge in [0.2, 0.25) is 34.9 Å². The molecule has 0 saturated carbocycles. The van der Waals surface area contributed by atoms with Gasteiger partial charge in [-0.15, -0.1) is 0 Å². The fourth-order valence-electron chi connectivity index (χ4n) is 11.9. The molecule has 0 aliphatic carbocycles. The largest absolute Gasteiger partial charge is 0.350 e. The van der Waals surface area contributed by atoms with E-state index >= 15 is 158 Å². The van der Waals surface area contributed by atoms with Gasteiger partial charge in [0.25, 0.3) is 0 Å². The highest BCUT2D eigenvalue weighted by Crippen LogP contribution is 2.50. The molecular weight excluding hydrogens is 1670 g/mol. The van der Waals surface area contributed by atoms with Crippen molar-refractivity contribution in [3.63, 3.8) is 0 Å². The minimum absolute atomic E-state index is 0.755. The molecule has 0 radical (unpaired) electrons. The Balaban J connectivity index is 1.40. The third-order valence-corrected chi connectivity index (χ3v) is 17.0. The predicted molar refractivity (Wildman–Crippen MR) is 294 cm³/mol. The second kappa shape index (κ2) is 27.1. The molecule has 6 nitrogen and oxygen atoms in total. The summed E-state index contributed by atoms with van der Waals surface area (Å²) in [5, 5.41) is -12.5. The maximum absolute atomic E-state index is 17.5. The van der Waals surface area contributed by atoms with Crippen molar-refractivity contribution < 1.29 is 184 Å². The van der Waals surface area contributed by atoms with Crippen LogP contribution in [0.2, 0.25) is 0 Å². The quantitative estimate of drug-likeness (QED) is 0.0842. The van der Waals surface area contributed by atoms with E-state index in [0.29, 0.717) is 0 Å². The molecule has 48 heteroatoms. The Bertz CT molecular complexity index is 6500. The number of aromatic amines is 3. The lowest BCUT2D eigenvalue weighted by Crippen LogP contribution is -2.27. The summed E-state index contributed by atoms with van der Waals surface area (Å²) in [6.45, 7) is 0. The van der Waals surface area contributed by atoms with Gasteiger partial charge in [0.1, 0.15) is 34.6 Å². The molecule has 3 aromatic heterocycles. The molecule has 0 saturated heterocycles. The number of hydrogen-bond donors (Lipinski definition) is 3. The number of aliphatic imine (C=N–C) groups is 3. The van der Waals surface area contributed by atoms with Crippen LogP contribution in [0.15, 0.2) is 61.3 Å². The Labute approximate surface area is 591 Å². The number of rotatable bonds is 6. The first-order chi connectivity index (χ1) is 53.1. The van der Waals surface area contributed by atoms with Gasteiger partial charge in [0.05, 0.1) is 66.2 Å². The zero-order valence-corrected chi connectivity index (χ0v) is 51.8. The third kappa shape index (κ3) is 10.7. The summed E-state index contributed by atoms with van der Waals surface area (Å²) in [7, 11) is 0. The molecule has 1 unspecified atom stereocenters. The Morgan fingerprint density at radius 3 is 0.649 bits per heavy atom. The Morgan fingerprint density at radius 1 is 0.175 bits per heavy atom. The lowest BCUT2D eigenvalue weighted by Gasteiger charge is -2.16. The maximum Gasteiger partial charge on any atom is 0.200 e. The van der Waals surface area contributed by atoms with Crippen molar-refractivity contribution >= 4 is 50.6 Å². The minimum Gasteiger partial charge on any atom is -0.350 e. The van der Waals surface area contributed by atoms with E-state index in [0.717, 1.165) is 15.0 Å². The number of hydrogen-bond acceptors (Lipinski definition) is 3. The van der Waals surface area contributed by atoms with Crippen LogP contribution in [0.1, 0.15) is 44.8 Å². The number of fused-ring (bicyclic) bond motifs is 9. The lowest BCUT2D eigenvalue weighted by atomic mass is 9.95. The van der Waals surface area contributed by atoms with E-state index in [-0.39, 0.29) is 0 Å². The molecule has 0 fully saturated rings. The molecule has 9 aromatic rings. The molecule has 0 amide bonds. The van der Waals surface area contributed by atoms with E-state index < -0.39 is 379 Å². The number of aromatic nitrogens is 3. The Hall–Kier alpha value is -12.6. The smallest absolute Gasteiger partial charge is 0.200 e. The van der Waals surface area contributed by atoms with E-state index in [4.69, 9.17) is 0 Å². The van der Waals surface area contributed by atoms with Gasteiger partial charge in [-0.1, -0.05) is 0 Å². The van der Waals surface area contributed by atoms with Crippen molar-refractivity contribution in [2.75, 3.05) is 0 Å². The normalized spacial score (nSPS) is 18.8. The summed E-state index contributed by atoms with van der Waals surface area (Å²) < 4.78 is 683.